The van der Waals surface area contributed by atoms with Gasteiger partial charge in [-0.15, -0.1) is 0 Å². The maximum atomic E-state index is 13.5. The number of aromatic hydroxyl groups is 1. The van der Waals surface area contributed by atoms with Gasteiger partial charge in [0, 0.05) is 20.1 Å². The van der Waals surface area contributed by atoms with E-state index in [9.17, 15) is 14.3 Å². The average molecular weight is 332 g/mol. The molecule has 0 aliphatic heterocycles. The summed E-state index contributed by atoms with van der Waals surface area (Å²) >= 11 is 0. The molecule has 2 amide bonds. The molecule has 6 heteroatoms. The first-order valence-corrected chi connectivity index (χ1v) is 7.50. The van der Waals surface area contributed by atoms with Crippen LogP contribution < -0.4 is 10.1 Å². The monoisotopic (exact) mass is 332 g/mol. The molecule has 128 valence electrons. The van der Waals surface area contributed by atoms with Crippen molar-refractivity contribution in [3.63, 3.8) is 0 Å². The number of phenolic OH excluding ortho intramolecular Hbond substituents is 1. The van der Waals surface area contributed by atoms with Crippen molar-refractivity contribution >= 4 is 6.03 Å². The van der Waals surface area contributed by atoms with Crippen molar-refractivity contribution in [2.24, 2.45) is 0 Å². The molecular formula is C18H21FN2O3. The van der Waals surface area contributed by atoms with Crippen molar-refractivity contribution in [3.05, 3.63) is 58.9 Å². The number of hydrogen-bond acceptors (Lipinski definition) is 3. The summed E-state index contributed by atoms with van der Waals surface area (Å²) in [5.41, 5.74) is 2.04. The fourth-order valence-electron chi connectivity index (χ4n) is 2.24. The van der Waals surface area contributed by atoms with Gasteiger partial charge in [0.15, 0.2) is 11.5 Å². The molecule has 24 heavy (non-hydrogen) atoms. The van der Waals surface area contributed by atoms with Gasteiger partial charge in [0.1, 0.15) is 5.82 Å². The molecule has 0 fully saturated rings. The van der Waals surface area contributed by atoms with Crippen LogP contribution in [0.1, 0.15) is 16.7 Å². The minimum atomic E-state index is -0.288. The molecule has 2 aromatic carbocycles. The van der Waals surface area contributed by atoms with E-state index in [2.05, 4.69) is 5.32 Å². The quantitative estimate of drug-likeness (QED) is 0.884. The summed E-state index contributed by atoms with van der Waals surface area (Å²) in [5, 5.41) is 12.5. The third kappa shape index (κ3) is 4.38. The largest absolute Gasteiger partial charge is 0.504 e. The average Bonchev–Trinajstić information content (AvgIpc) is 2.55. The van der Waals surface area contributed by atoms with Crippen LogP contribution in [0.15, 0.2) is 36.4 Å². The molecule has 0 radical (unpaired) electrons. The number of aryl methyl sites for hydroxylation is 1. The molecule has 0 unspecified atom stereocenters. The highest BCUT2D eigenvalue weighted by atomic mass is 19.1. The van der Waals surface area contributed by atoms with Gasteiger partial charge < -0.3 is 20.1 Å². The zero-order chi connectivity index (χ0) is 17.7. The van der Waals surface area contributed by atoms with Gasteiger partial charge in [-0.05, 0) is 41.8 Å². The Labute approximate surface area is 140 Å². The standard InChI is InChI=1S/C18H21FN2O3/c1-12-4-5-13(8-15(12)19)10-20-18(23)21(2)11-14-6-7-17(24-3)16(22)9-14/h4-9,22H,10-11H2,1-3H3,(H,20,23). The van der Waals surface area contributed by atoms with E-state index in [1.165, 1.54) is 18.1 Å². The minimum Gasteiger partial charge on any atom is -0.504 e. The fourth-order valence-corrected chi connectivity index (χ4v) is 2.24. The summed E-state index contributed by atoms with van der Waals surface area (Å²) in [6, 6.07) is 9.56. The Morgan fingerprint density at radius 1 is 1.25 bits per heavy atom. The fraction of sp³-hybridized carbons (Fsp3) is 0.278. The zero-order valence-corrected chi connectivity index (χ0v) is 14.0. The van der Waals surface area contributed by atoms with Crippen molar-refractivity contribution in [3.8, 4) is 11.5 Å². The van der Waals surface area contributed by atoms with Crippen LogP contribution in [-0.4, -0.2) is 30.2 Å². The van der Waals surface area contributed by atoms with Crippen molar-refractivity contribution in [1.29, 1.82) is 0 Å². The number of nitrogens with zero attached hydrogens (tertiary/aromatic N) is 1. The Bertz CT molecular complexity index is 734. The number of nitrogens with one attached hydrogen (secondary N) is 1. The molecule has 0 saturated heterocycles. The Morgan fingerprint density at radius 2 is 1.96 bits per heavy atom. The highest BCUT2D eigenvalue weighted by Crippen LogP contribution is 2.26. The number of methoxy groups -OCH3 is 1. The molecule has 0 aliphatic carbocycles. The van der Waals surface area contributed by atoms with E-state index in [-0.39, 0.29) is 24.1 Å². The number of amides is 2. The predicted octanol–water partition coefficient (Wildman–Crippen LogP) is 3.19. The second kappa shape index (κ2) is 7.68. The minimum absolute atomic E-state index is 0.0268. The topological polar surface area (TPSA) is 61.8 Å². The van der Waals surface area contributed by atoms with Crippen molar-refractivity contribution in [2.45, 2.75) is 20.0 Å². The second-order valence-corrected chi connectivity index (χ2v) is 5.60. The van der Waals surface area contributed by atoms with E-state index in [4.69, 9.17) is 4.74 Å². The van der Waals surface area contributed by atoms with Gasteiger partial charge >= 0.3 is 6.03 Å². The van der Waals surface area contributed by atoms with Gasteiger partial charge in [0.25, 0.3) is 0 Å². The number of carbonyl (C=O) groups is 1. The number of carbonyl (C=O) groups excluding carboxylic acids is 1. The number of phenols is 1. The number of benzene rings is 2. The molecule has 5 nitrogen and oxygen atoms in total. The van der Waals surface area contributed by atoms with Crippen LogP contribution in [0.4, 0.5) is 9.18 Å². The first kappa shape index (κ1) is 17.6. The lowest BCUT2D eigenvalue weighted by Gasteiger charge is -2.18. The van der Waals surface area contributed by atoms with Crippen LogP contribution in [0.5, 0.6) is 11.5 Å². The Morgan fingerprint density at radius 3 is 2.58 bits per heavy atom. The van der Waals surface area contributed by atoms with E-state index in [1.54, 1.807) is 44.3 Å². The van der Waals surface area contributed by atoms with Crippen LogP contribution in [0, 0.1) is 12.7 Å². The molecule has 0 atom stereocenters. The number of rotatable bonds is 5. The number of halogens is 1. The lowest BCUT2D eigenvalue weighted by Crippen LogP contribution is -2.36. The van der Waals surface area contributed by atoms with Crippen molar-refractivity contribution < 1.29 is 19.0 Å². The Kier molecular flexibility index (Phi) is 5.63. The summed E-state index contributed by atoms with van der Waals surface area (Å²) in [6.07, 6.45) is 0. The van der Waals surface area contributed by atoms with Crippen molar-refractivity contribution in [1.82, 2.24) is 10.2 Å². The summed E-state index contributed by atoms with van der Waals surface area (Å²) in [4.78, 5) is 13.6. The molecule has 0 saturated carbocycles. The Balaban J connectivity index is 1.92. The smallest absolute Gasteiger partial charge is 0.317 e. The Hall–Kier alpha value is -2.76. The molecule has 2 rings (SSSR count). The van der Waals surface area contributed by atoms with Crippen LogP contribution in [0.2, 0.25) is 0 Å². The molecule has 0 aliphatic rings. The van der Waals surface area contributed by atoms with E-state index in [0.29, 0.717) is 23.4 Å². The van der Waals surface area contributed by atoms with Gasteiger partial charge in [-0.3, -0.25) is 0 Å². The normalized spacial score (nSPS) is 10.3. The van der Waals surface area contributed by atoms with Gasteiger partial charge in [-0.1, -0.05) is 18.2 Å². The van der Waals surface area contributed by atoms with Gasteiger partial charge in [-0.2, -0.15) is 0 Å². The first-order chi connectivity index (χ1) is 11.4. The molecule has 2 N–H and O–H groups in total. The summed E-state index contributed by atoms with van der Waals surface area (Å²) in [6.45, 7) is 2.26. The summed E-state index contributed by atoms with van der Waals surface area (Å²) < 4.78 is 18.5. The molecular weight excluding hydrogens is 311 g/mol. The predicted molar refractivity (Wildman–Crippen MR) is 89.5 cm³/mol. The summed E-state index contributed by atoms with van der Waals surface area (Å²) in [7, 11) is 3.12. The van der Waals surface area contributed by atoms with E-state index in [0.717, 1.165) is 5.56 Å². The first-order valence-electron chi connectivity index (χ1n) is 7.50. The van der Waals surface area contributed by atoms with E-state index < -0.39 is 0 Å². The van der Waals surface area contributed by atoms with Crippen molar-refractivity contribution in [2.75, 3.05) is 14.2 Å². The highest BCUT2D eigenvalue weighted by molar-refractivity contribution is 5.73. The third-order valence-electron chi connectivity index (χ3n) is 3.69. The molecule has 0 spiro atoms. The second-order valence-electron chi connectivity index (χ2n) is 5.60. The maximum absolute atomic E-state index is 13.5. The number of hydrogen-bond donors (Lipinski definition) is 2. The molecule has 0 bridgehead atoms. The number of ether oxygens (including phenoxy) is 1. The molecule has 0 heterocycles. The highest BCUT2D eigenvalue weighted by Gasteiger charge is 2.11. The van der Waals surface area contributed by atoms with E-state index >= 15 is 0 Å². The SMILES string of the molecule is COc1ccc(CN(C)C(=O)NCc2ccc(C)c(F)c2)cc1O. The lowest BCUT2D eigenvalue weighted by atomic mass is 10.1. The molecule has 0 aromatic heterocycles. The molecule has 2 aromatic rings. The van der Waals surface area contributed by atoms with E-state index in [1.807, 2.05) is 0 Å². The van der Waals surface area contributed by atoms with Crippen LogP contribution >= 0.6 is 0 Å². The van der Waals surface area contributed by atoms with Crippen LogP contribution in [-0.2, 0) is 13.1 Å². The third-order valence-corrected chi connectivity index (χ3v) is 3.69. The maximum Gasteiger partial charge on any atom is 0.317 e. The van der Waals surface area contributed by atoms with Gasteiger partial charge in [-0.25, -0.2) is 9.18 Å². The van der Waals surface area contributed by atoms with Crippen LogP contribution in [0.25, 0.3) is 0 Å². The van der Waals surface area contributed by atoms with Crippen LogP contribution in [0.3, 0.4) is 0 Å². The van der Waals surface area contributed by atoms with Gasteiger partial charge in [0.05, 0.1) is 7.11 Å². The number of urea groups is 1. The van der Waals surface area contributed by atoms with Gasteiger partial charge in [0.2, 0.25) is 0 Å². The zero-order valence-electron chi connectivity index (χ0n) is 14.0. The summed E-state index contributed by atoms with van der Waals surface area (Å²) in [5.74, 6) is 0.120. The lowest BCUT2D eigenvalue weighted by molar-refractivity contribution is 0.206.